The van der Waals surface area contributed by atoms with E-state index in [9.17, 15) is 9.59 Å². The molecule has 2 amide bonds. The van der Waals surface area contributed by atoms with Crippen LogP contribution in [-0.2, 0) is 4.74 Å². The Hall–Kier alpha value is -1.46. The Balaban J connectivity index is 1.67. The van der Waals surface area contributed by atoms with Gasteiger partial charge in [0.2, 0.25) is 0 Å². The van der Waals surface area contributed by atoms with E-state index >= 15 is 0 Å². The van der Waals surface area contributed by atoms with E-state index in [-0.39, 0.29) is 12.0 Å². The predicted octanol–water partition coefficient (Wildman–Crippen LogP) is 2.71. The summed E-state index contributed by atoms with van der Waals surface area (Å²) in [6.07, 6.45) is 0.900. The minimum atomic E-state index is -0.453. The van der Waals surface area contributed by atoms with E-state index in [1.54, 1.807) is 23.1 Å². The van der Waals surface area contributed by atoms with Crippen LogP contribution in [0.2, 0.25) is 10.0 Å². The molecule has 5 nitrogen and oxygen atoms in total. The molecule has 0 aliphatic carbocycles. The summed E-state index contributed by atoms with van der Waals surface area (Å²) in [6.45, 7) is 1.61. The number of rotatable bonds is 1. The second kappa shape index (κ2) is 5.39. The highest BCUT2D eigenvalue weighted by Crippen LogP contribution is 2.30. The van der Waals surface area contributed by atoms with Crippen LogP contribution >= 0.6 is 23.2 Å². The van der Waals surface area contributed by atoms with Gasteiger partial charge in [0, 0.05) is 31.5 Å². The van der Waals surface area contributed by atoms with Crippen LogP contribution in [0.4, 0.5) is 4.79 Å². The largest absolute Gasteiger partial charge is 0.441 e. The van der Waals surface area contributed by atoms with Gasteiger partial charge in [-0.25, -0.2) is 4.79 Å². The summed E-state index contributed by atoms with van der Waals surface area (Å²) in [5, 5.41) is 3.46. The Morgan fingerprint density at radius 2 is 1.95 bits per heavy atom. The van der Waals surface area contributed by atoms with Gasteiger partial charge in [-0.3, -0.25) is 4.79 Å². The highest BCUT2D eigenvalue weighted by Gasteiger charge is 2.43. The first kappa shape index (κ1) is 14.5. The number of hydrogen-bond acceptors (Lipinski definition) is 3. The smallest absolute Gasteiger partial charge is 0.407 e. The van der Waals surface area contributed by atoms with Gasteiger partial charge in [-0.05, 0) is 18.2 Å². The minimum absolute atomic E-state index is 0.0827. The van der Waals surface area contributed by atoms with Crippen molar-refractivity contribution < 1.29 is 14.3 Å². The summed E-state index contributed by atoms with van der Waals surface area (Å²) in [5.41, 5.74) is 0.0628. The van der Waals surface area contributed by atoms with E-state index in [2.05, 4.69) is 5.32 Å². The van der Waals surface area contributed by atoms with Gasteiger partial charge in [0.15, 0.2) is 0 Å². The number of benzene rings is 1. The molecule has 2 saturated heterocycles. The summed E-state index contributed by atoms with van der Waals surface area (Å²) in [4.78, 5) is 25.4. The first-order valence-electron chi connectivity index (χ1n) is 6.70. The SMILES string of the molecule is O=C1NCC2(CCN(C(=O)c3ccc(Cl)c(Cl)c3)CC2)O1. The number of ether oxygens (including phenoxy) is 1. The molecule has 1 aromatic carbocycles. The van der Waals surface area contributed by atoms with E-state index in [0.717, 1.165) is 0 Å². The Kier molecular flexibility index (Phi) is 3.71. The lowest BCUT2D eigenvalue weighted by molar-refractivity contribution is 0.00331. The Morgan fingerprint density at radius 1 is 1.24 bits per heavy atom. The molecule has 0 aromatic heterocycles. The van der Waals surface area contributed by atoms with Crippen LogP contribution in [0.5, 0.6) is 0 Å². The van der Waals surface area contributed by atoms with Crippen molar-refractivity contribution in [2.45, 2.75) is 18.4 Å². The molecule has 0 bridgehead atoms. The van der Waals surface area contributed by atoms with Gasteiger partial charge in [0.05, 0.1) is 16.6 Å². The van der Waals surface area contributed by atoms with Crippen molar-refractivity contribution in [3.05, 3.63) is 33.8 Å². The molecule has 2 aliphatic heterocycles. The zero-order chi connectivity index (χ0) is 15.0. The molecule has 7 heteroatoms. The Bertz CT molecular complexity index is 598. The lowest BCUT2D eigenvalue weighted by Gasteiger charge is -2.37. The number of hydrogen-bond donors (Lipinski definition) is 1. The summed E-state index contributed by atoms with van der Waals surface area (Å²) in [5.74, 6) is -0.0827. The fourth-order valence-electron chi connectivity index (χ4n) is 2.71. The molecule has 2 heterocycles. The van der Waals surface area contributed by atoms with Crippen molar-refractivity contribution >= 4 is 35.2 Å². The standard InChI is InChI=1S/C14H14Cl2N2O3/c15-10-2-1-9(7-11(10)16)12(19)18-5-3-14(4-6-18)8-17-13(20)21-14/h1-2,7H,3-6,8H2,(H,17,20). The number of piperidine rings is 1. The fourth-order valence-corrected chi connectivity index (χ4v) is 3.01. The van der Waals surface area contributed by atoms with Gasteiger partial charge in [-0.1, -0.05) is 23.2 Å². The zero-order valence-electron chi connectivity index (χ0n) is 11.2. The van der Waals surface area contributed by atoms with Crippen LogP contribution in [-0.4, -0.2) is 42.1 Å². The lowest BCUT2D eigenvalue weighted by Crippen LogP contribution is -2.48. The summed E-state index contributed by atoms with van der Waals surface area (Å²) in [7, 11) is 0. The highest BCUT2D eigenvalue weighted by molar-refractivity contribution is 6.42. The minimum Gasteiger partial charge on any atom is -0.441 e. The van der Waals surface area contributed by atoms with Gasteiger partial charge in [-0.2, -0.15) is 0 Å². The third kappa shape index (κ3) is 2.80. The van der Waals surface area contributed by atoms with Gasteiger partial charge < -0.3 is 15.0 Å². The van der Waals surface area contributed by atoms with Crippen LogP contribution in [0.1, 0.15) is 23.2 Å². The molecule has 0 saturated carbocycles. The number of amides is 2. The third-order valence-corrected chi connectivity index (χ3v) is 4.73. The van der Waals surface area contributed by atoms with Crippen molar-refractivity contribution in [2.75, 3.05) is 19.6 Å². The number of nitrogens with zero attached hydrogens (tertiary/aromatic N) is 1. The van der Waals surface area contributed by atoms with Crippen molar-refractivity contribution in [3.8, 4) is 0 Å². The van der Waals surface area contributed by atoms with E-state index in [0.29, 0.717) is 48.1 Å². The van der Waals surface area contributed by atoms with Gasteiger partial charge in [-0.15, -0.1) is 0 Å². The van der Waals surface area contributed by atoms with Gasteiger partial charge >= 0.3 is 6.09 Å². The molecular weight excluding hydrogens is 315 g/mol. The molecule has 112 valence electrons. The summed E-state index contributed by atoms with van der Waals surface area (Å²) < 4.78 is 5.33. The van der Waals surface area contributed by atoms with Crippen LogP contribution < -0.4 is 5.32 Å². The van der Waals surface area contributed by atoms with Crippen molar-refractivity contribution in [3.63, 3.8) is 0 Å². The third-order valence-electron chi connectivity index (χ3n) is 3.99. The fraction of sp³-hybridized carbons (Fsp3) is 0.429. The number of carbonyl (C=O) groups is 2. The van der Waals surface area contributed by atoms with Crippen molar-refractivity contribution in [2.24, 2.45) is 0 Å². The number of carbonyl (C=O) groups excluding carboxylic acids is 2. The Labute approximate surface area is 132 Å². The van der Waals surface area contributed by atoms with Crippen LogP contribution in [0.15, 0.2) is 18.2 Å². The Morgan fingerprint density at radius 3 is 2.52 bits per heavy atom. The van der Waals surface area contributed by atoms with Crippen LogP contribution in [0.25, 0.3) is 0 Å². The van der Waals surface area contributed by atoms with E-state index in [1.807, 2.05) is 0 Å². The van der Waals surface area contributed by atoms with Gasteiger partial charge in [0.1, 0.15) is 5.60 Å². The first-order valence-corrected chi connectivity index (χ1v) is 7.46. The number of likely N-dealkylation sites (tertiary alicyclic amines) is 1. The number of nitrogens with one attached hydrogen (secondary N) is 1. The van der Waals surface area contributed by atoms with E-state index in [1.165, 1.54) is 0 Å². The molecule has 0 unspecified atom stereocenters. The molecule has 2 fully saturated rings. The maximum absolute atomic E-state index is 12.4. The molecule has 3 rings (SSSR count). The first-order chi connectivity index (χ1) is 9.99. The molecule has 1 aromatic rings. The van der Waals surface area contributed by atoms with Crippen molar-refractivity contribution in [1.29, 1.82) is 0 Å². The van der Waals surface area contributed by atoms with E-state index < -0.39 is 5.60 Å². The second-order valence-corrected chi connectivity index (χ2v) is 6.16. The van der Waals surface area contributed by atoms with Gasteiger partial charge in [0.25, 0.3) is 5.91 Å². The zero-order valence-corrected chi connectivity index (χ0v) is 12.7. The predicted molar refractivity (Wildman–Crippen MR) is 78.8 cm³/mol. The monoisotopic (exact) mass is 328 g/mol. The van der Waals surface area contributed by atoms with Crippen molar-refractivity contribution in [1.82, 2.24) is 10.2 Å². The quantitative estimate of drug-likeness (QED) is 0.862. The van der Waals surface area contributed by atoms with Crippen LogP contribution in [0, 0.1) is 0 Å². The average Bonchev–Trinajstić information content (AvgIpc) is 2.83. The molecular formula is C14H14Cl2N2O3. The summed E-state index contributed by atoms with van der Waals surface area (Å²) in [6, 6.07) is 4.86. The maximum Gasteiger partial charge on any atom is 0.407 e. The topological polar surface area (TPSA) is 58.6 Å². The van der Waals surface area contributed by atoms with Crippen LogP contribution in [0.3, 0.4) is 0 Å². The van der Waals surface area contributed by atoms with E-state index in [4.69, 9.17) is 27.9 Å². The molecule has 21 heavy (non-hydrogen) atoms. The molecule has 1 N–H and O–H groups in total. The highest BCUT2D eigenvalue weighted by atomic mass is 35.5. The maximum atomic E-state index is 12.4. The summed E-state index contributed by atoms with van der Waals surface area (Å²) >= 11 is 11.8. The molecule has 0 radical (unpaired) electrons. The number of alkyl carbamates (subject to hydrolysis) is 1. The average molecular weight is 329 g/mol. The number of halogens is 2. The molecule has 0 atom stereocenters. The normalized spacial score (nSPS) is 20.3. The lowest BCUT2D eigenvalue weighted by atomic mass is 9.91. The second-order valence-electron chi connectivity index (χ2n) is 5.35. The molecule has 2 aliphatic rings. The molecule has 1 spiro atoms.